The Morgan fingerprint density at radius 3 is 2.78 bits per heavy atom. The van der Waals surface area contributed by atoms with Gasteiger partial charge in [0.25, 0.3) is 5.91 Å². The summed E-state index contributed by atoms with van der Waals surface area (Å²) in [4.78, 5) is 27.6. The highest BCUT2D eigenvalue weighted by molar-refractivity contribution is 5.97. The molecular formula is C17H22N4O2. The predicted molar refractivity (Wildman–Crippen MR) is 88.8 cm³/mol. The molecule has 1 aromatic carbocycles. The van der Waals surface area contributed by atoms with E-state index in [0.29, 0.717) is 13.0 Å². The van der Waals surface area contributed by atoms with Crippen molar-refractivity contribution in [3.63, 3.8) is 0 Å². The zero-order chi connectivity index (χ0) is 16.2. The lowest BCUT2D eigenvalue weighted by molar-refractivity contribution is -0.137. The number of carbonyl (C=O) groups excluding carboxylic acids is 2. The van der Waals surface area contributed by atoms with Crippen LogP contribution in [-0.2, 0) is 16.0 Å². The van der Waals surface area contributed by atoms with Gasteiger partial charge in [-0.25, -0.2) is 0 Å². The number of aromatic nitrogens is 1. The first kappa shape index (κ1) is 15.6. The van der Waals surface area contributed by atoms with Crippen LogP contribution in [0.4, 0.5) is 0 Å². The Morgan fingerprint density at radius 1 is 1.13 bits per heavy atom. The van der Waals surface area contributed by atoms with Gasteiger partial charge in [0.1, 0.15) is 6.04 Å². The van der Waals surface area contributed by atoms with Gasteiger partial charge in [-0.3, -0.25) is 14.9 Å². The number of fused-ring (bicyclic) bond motifs is 1. The lowest BCUT2D eigenvalue weighted by Gasteiger charge is -2.30. The highest BCUT2D eigenvalue weighted by atomic mass is 16.2. The monoisotopic (exact) mass is 314 g/mol. The summed E-state index contributed by atoms with van der Waals surface area (Å²) in [7, 11) is 0. The van der Waals surface area contributed by atoms with Crippen molar-refractivity contribution in [2.24, 2.45) is 0 Å². The SMILES string of the molecule is CCCCN[C@@H]1NC(=O)[C@@H](Cc2c[nH]c3ccccc23)NC1=O. The van der Waals surface area contributed by atoms with Crippen LogP contribution in [0, 0.1) is 0 Å². The third-order valence-electron chi connectivity index (χ3n) is 4.16. The van der Waals surface area contributed by atoms with Crippen molar-refractivity contribution in [1.82, 2.24) is 20.9 Å². The van der Waals surface area contributed by atoms with Crippen LogP contribution in [0.5, 0.6) is 0 Å². The second-order valence-electron chi connectivity index (χ2n) is 5.87. The van der Waals surface area contributed by atoms with Crippen molar-refractivity contribution in [2.75, 3.05) is 6.54 Å². The topological polar surface area (TPSA) is 86.0 Å². The quantitative estimate of drug-likeness (QED) is 0.601. The summed E-state index contributed by atoms with van der Waals surface area (Å²) < 4.78 is 0. The van der Waals surface area contributed by atoms with Crippen LogP contribution < -0.4 is 16.0 Å². The van der Waals surface area contributed by atoms with E-state index in [0.717, 1.165) is 29.3 Å². The van der Waals surface area contributed by atoms with Gasteiger partial charge in [0, 0.05) is 23.5 Å². The van der Waals surface area contributed by atoms with Crippen LogP contribution in [-0.4, -0.2) is 35.6 Å². The van der Waals surface area contributed by atoms with Gasteiger partial charge in [-0.05, 0) is 24.6 Å². The fraction of sp³-hybridized carbons (Fsp3) is 0.412. The van der Waals surface area contributed by atoms with Gasteiger partial charge in [-0.2, -0.15) is 0 Å². The second kappa shape index (κ2) is 6.83. The molecule has 2 aromatic rings. The number of carbonyl (C=O) groups is 2. The molecule has 122 valence electrons. The lowest BCUT2D eigenvalue weighted by Crippen LogP contribution is -2.66. The molecule has 0 bridgehead atoms. The van der Waals surface area contributed by atoms with Crippen LogP contribution in [0.1, 0.15) is 25.3 Å². The van der Waals surface area contributed by atoms with Gasteiger partial charge in [-0.15, -0.1) is 0 Å². The van der Waals surface area contributed by atoms with Crippen molar-refractivity contribution >= 4 is 22.7 Å². The molecule has 1 aliphatic rings. The average molecular weight is 314 g/mol. The average Bonchev–Trinajstić information content (AvgIpc) is 2.95. The lowest BCUT2D eigenvalue weighted by atomic mass is 10.0. The molecular weight excluding hydrogens is 292 g/mol. The fourth-order valence-electron chi connectivity index (χ4n) is 2.86. The van der Waals surface area contributed by atoms with E-state index >= 15 is 0 Å². The summed E-state index contributed by atoms with van der Waals surface area (Å²) in [6.45, 7) is 2.79. The largest absolute Gasteiger partial charge is 0.361 e. The number of H-pyrrole nitrogens is 1. The predicted octanol–water partition coefficient (Wildman–Crippen LogP) is 1.04. The van der Waals surface area contributed by atoms with Crippen molar-refractivity contribution in [1.29, 1.82) is 0 Å². The van der Waals surface area contributed by atoms with Crippen LogP contribution in [0.15, 0.2) is 30.5 Å². The van der Waals surface area contributed by atoms with E-state index in [4.69, 9.17) is 0 Å². The molecule has 2 heterocycles. The van der Waals surface area contributed by atoms with Gasteiger partial charge in [-0.1, -0.05) is 31.5 Å². The molecule has 3 rings (SSSR count). The van der Waals surface area contributed by atoms with Gasteiger partial charge in [0.15, 0.2) is 6.17 Å². The molecule has 1 aliphatic heterocycles. The van der Waals surface area contributed by atoms with Crippen LogP contribution in [0.3, 0.4) is 0 Å². The minimum atomic E-state index is -0.631. The molecule has 4 N–H and O–H groups in total. The molecule has 1 saturated heterocycles. The number of nitrogens with one attached hydrogen (secondary N) is 4. The van der Waals surface area contributed by atoms with E-state index in [9.17, 15) is 9.59 Å². The molecule has 1 aromatic heterocycles. The van der Waals surface area contributed by atoms with Crippen molar-refractivity contribution in [2.45, 2.75) is 38.4 Å². The number of piperazine rings is 1. The Hall–Kier alpha value is -2.34. The smallest absolute Gasteiger partial charge is 0.258 e. The van der Waals surface area contributed by atoms with E-state index in [2.05, 4.69) is 27.9 Å². The Balaban J connectivity index is 1.66. The van der Waals surface area contributed by atoms with Crippen LogP contribution in [0.2, 0.25) is 0 Å². The van der Waals surface area contributed by atoms with E-state index in [1.807, 2.05) is 30.5 Å². The Kier molecular flexibility index (Phi) is 4.62. The Bertz CT molecular complexity index is 709. The number of rotatable bonds is 6. The van der Waals surface area contributed by atoms with Gasteiger partial charge < -0.3 is 15.6 Å². The highest BCUT2D eigenvalue weighted by Crippen LogP contribution is 2.19. The first-order valence-electron chi connectivity index (χ1n) is 8.08. The maximum Gasteiger partial charge on any atom is 0.258 e. The molecule has 0 radical (unpaired) electrons. The minimum Gasteiger partial charge on any atom is -0.361 e. The number of amides is 2. The van der Waals surface area contributed by atoms with E-state index in [-0.39, 0.29) is 11.8 Å². The number of hydrogen-bond donors (Lipinski definition) is 4. The van der Waals surface area contributed by atoms with Gasteiger partial charge in [0.05, 0.1) is 0 Å². The molecule has 0 aliphatic carbocycles. The van der Waals surface area contributed by atoms with Crippen LogP contribution in [0.25, 0.3) is 10.9 Å². The zero-order valence-corrected chi connectivity index (χ0v) is 13.2. The van der Waals surface area contributed by atoms with Crippen molar-refractivity contribution in [3.05, 3.63) is 36.0 Å². The molecule has 2 atom stereocenters. The minimum absolute atomic E-state index is 0.149. The van der Waals surface area contributed by atoms with Gasteiger partial charge >= 0.3 is 0 Å². The standard InChI is InChI=1S/C17H22N4O2/c1-2-3-8-18-15-17(23)20-14(16(22)21-15)9-11-10-19-13-7-5-4-6-12(11)13/h4-7,10,14-15,18-19H,2-3,8-9H2,1H3,(H,20,23)(H,21,22)/t14-,15-/m1/s1. The summed E-state index contributed by atoms with van der Waals surface area (Å²) in [5, 5.41) is 9.72. The Labute approximate surface area is 135 Å². The Morgan fingerprint density at radius 2 is 1.96 bits per heavy atom. The molecule has 23 heavy (non-hydrogen) atoms. The zero-order valence-electron chi connectivity index (χ0n) is 13.2. The third kappa shape index (κ3) is 3.37. The fourth-order valence-corrected chi connectivity index (χ4v) is 2.86. The molecule has 0 saturated carbocycles. The number of unbranched alkanes of at least 4 members (excludes halogenated alkanes) is 1. The summed E-state index contributed by atoms with van der Waals surface area (Å²) in [5.41, 5.74) is 2.06. The third-order valence-corrected chi connectivity index (χ3v) is 4.16. The molecule has 1 fully saturated rings. The second-order valence-corrected chi connectivity index (χ2v) is 5.87. The van der Waals surface area contributed by atoms with E-state index < -0.39 is 12.2 Å². The van der Waals surface area contributed by atoms with Crippen molar-refractivity contribution < 1.29 is 9.59 Å². The molecule has 6 nitrogen and oxygen atoms in total. The maximum absolute atomic E-state index is 12.3. The first-order valence-corrected chi connectivity index (χ1v) is 8.08. The van der Waals surface area contributed by atoms with Crippen LogP contribution >= 0.6 is 0 Å². The first-order chi connectivity index (χ1) is 11.2. The highest BCUT2D eigenvalue weighted by Gasteiger charge is 2.33. The number of hydrogen-bond acceptors (Lipinski definition) is 3. The van der Waals surface area contributed by atoms with E-state index in [1.165, 1.54) is 0 Å². The summed E-state index contributed by atoms with van der Waals surface area (Å²) >= 11 is 0. The number of aromatic amines is 1. The summed E-state index contributed by atoms with van der Waals surface area (Å²) in [6.07, 6.45) is 3.75. The van der Waals surface area contributed by atoms with Gasteiger partial charge in [0.2, 0.25) is 5.91 Å². The molecule has 0 unspecified atom stereocenters. The summed E-state index contributed by atoms with van der Waals surface area (Å²) in [6, 6.07) is 7.40. The summed E-state index contributed by atoms with van der Waals surface area (Å²) in [5.74, 6) is -0.325. The molecule has 0 spiro atoms. The van der Waals surface area contributed by atoms with E-state index in [1.54, 1.807) is 0 Å². The number of benzene rings is 1. The van der Waals surface area contributed by atoms with Crippen molar-refractivity contribution in [3.8, 4) is 0 Å². The molecule has 2 amide bonds. The number of para-hydroxylation sites is 1. The molecule has 6 heteroatoms. The maximum atomic E-state index is 12.3. The normalized spacial score (nSPS) is 21.3.